The molecule has 0 bridgehead atoms. The Morgan fingerprint density at radius 3 is 1.65 bits per heavy atom. The first-order chi connectivity index (χ1) is 8.41. The van der Waals surface area contributed by atoms with E-state index in [2.05, 4.69) is 24.5 Å². The van der Waals surface area contributed by atoms with Crippen molar-refractivity contribution in [3.05, 3.63) is 0 Å². The average molecular weight is 242 g/mol. The summed E-state index contributed by atoms with van der Waals surface area (Å²) in [7, 11) is 0. The lowest BCUT2D eigenvalue weighted by atomic mass is 10.1. The van der Waals surface area contributed by atoms with E-state index in [1.165, 1.54) is 70.9 Å². The van der Waals surface area contributed by atoms with Gasteiger partial charge in [-0.2, -0.15) is 0 Å². The van der Waals surface area contributed by atoms with Crippen LogP contribution in [0.25, 0.3) is 0 Å². The van der Waals surface area contributed by atoms with Gasteiger partial charge in [-0.15, -0.1) is 0 Å². The van der Waals surface area contributed by atoms with E-state index in [9.17, 15) is 0 Å². The molecular formula is C15H34N2. The molecule has 0 spiro atoms. The summed E-state index contributed by atoms with van der Waals surface area (Å²) in [5.74, 6) is 0. The molecule has 0 aromatic carbocycles. The summed E-state index contributed by atoms with van der Waals surface area (Å²) in [5, 5.41) is 6.95. The molecule has 104 valence electrons. The van der Waals surface area contributed by atoms with Crippen molar-refractivity contribution in [3.63, 3.8) is 0 Å². The molecule has 0 aromatic heterocycles. The van der Waals surface area contributed by atoms with E-state index in [0.29, 0.717) is 0 Å². The van der Waals surface area contributed by atoms with Crippen LogP contribution in [0.15, 0.2) is 0 Å². The van der Waals surface area contributed by atoms with Gasteiger partial charge < -0.3 is 10.6 Å². The maximum Gasteiger partial charge on any atom is -0.00368 e. The molecule has 0 saturated heterocycles. The molecule has 17 heavy (non-hydrogen) atoms. The van der Waals surface area contributed by atoms with Crippen molar-refractivity contribution in [2.24, 2.45) is 0 Å². The summed E-state index contributed by atoms with van der Waals surface area (Å²) >= 11 is 0. The smallest absolute Gasteiger partial charge is 0.00368 e. The Hall–Kier alpha value is -0.0800. The van der Waals surface area contributed by atoms with Crippen LogP contribution in [0.2, 0.25) is 0 Å². The van der Waals surface area contributed by atoms with Crippen molar-refractivity contribution in [1.29, 1.82) is 0 Å². The lowest BCUT2D eigenvalue weighted by Crippen LogP contribution is -2.23. The monoisotopic (exact) mass is 242 g/mol. The molecular weight excluding hydrogens is 208 g/mol. The maximum absolute atomic E-state index is 3.52. The Kier molecular flexibility index (Phi) is 15.8. The second kappa shape index (κ2) is 15.9. The van der Waals surface area contributed by atoms with Gasteiger partial charge in [-0.3, -0.25) is 0 Å². The highest BCUT2D eigenvalue weighted by atomic mass is 14.9. The molecule has 0 aliphatic rings. The first-order valence-electron chi connectivity index (χ1n) is 7.83. The number of hydrogen-bond donors (Lipinski definition) is 2. The maximum atomic E-state index is 3.52. The van der Waals surface area contributed by atoms with E-state index in [-0.39, 0.29) is 0 Å². The largest absolute Gasteiger partial charge is 0.317 e. The zero-order chi connectivity index (χ0) is 12.6. The van der Waals surface area contributed by atoms with Crippen molar-refractivity contribution in [1.82, 2.24) is 10.6 Å². The van der Waals surface area contributed by atoms with Crippen LogP contribution in [0.1, 0.15) is 71.6 Å². The van der Waals surface area contributed by atoms with Crippen molar-refractivity contribution >= 4 is 0 Å². The van der Waals surface area contributed by atoms with Crippen LogP contribution >= 0.6 is 0 Å². The first kappa shape index (κ1) is 16.9. The van der Waals surface area contributed by atoms with E-state index < -0.39 is 0 Å². The van der Waals surface area contributed by atoms with Gasteiger partial charge in [-0.05, 0) is 45.4 Å². The van der Waals surface area contributed by atoms with Crippen molar-refractivity contribution < 1.29 is 0 Å². The molecule has 0 radical (unpaired) electrons. The van der Waals surface area contributed by atoms with Crippen molar-refractivity contribution in [3.8, 4) is 0 Å². The van der Waals surface area contributed by atoms with Crippen LogP contribution in [-0.4, -0.2) is 26.2 Å². The van der Waals surface area contributed by atoms with Gasteiger partial charge in [-0.1, -0.05) is 52.4 Å². The highest BCUT2D eigenvalue weighted by molar-refractivity contribution is 4.52. The summed E-state index contributed by atoms with van der Waals surface area (Å²) in [6.45, 7) is 9.20. The fraction of sp³-hybridized carbons (Fsp3) is 1.00. The average Bonchev–Trinajstić information content (AvgIpc) is 2.35. The topological polar surface area (TPSA) is 24.1 Å². The van der Waals surface area contributed by atoms with Gasteiger partial charge >= 0.3 is 0 Å². The van der Waals surface area contributed by atoms with Gasteiger partial charge in [0, 0.05) is 0 Å². The highest BCUT2D eigenvalue weighted by Gasteiger charge is 1.91. The van der Waals surface area contributed by atoms with Gasteiger partial charge in [0.2, 0.25) is 0 Å². The number of unbranched alkanes of at least 4 members (excludes halogenated alkanes) is 6. The van der Waals surface area contributed by atoms with Crippen LogP contribution in [-0.2, 0) is 0 Å². The molecule has 0 fully saturated rings. The predicted octanol–water partition coefficient (Wildman–Crippen LogP) is 3.72. The fourth-order valence-corrected chi connectivity index (χ4v) is 1.97. The molecule has 0 rings (SSSR count). The molecule has 0 heterocycles. The summed E-state index contributed by atoms with van der Waals surface area (Å²) in [4.78, 5) is 0. The van der Waals surface area contributed by atoms with Crippen LogP contribution in [0.4, 0.5) is 0 Å². The van der Waals surface area contributed by atoms with Gasteiger partial charge in [0.15, 0.2) is 0 Å². The molecule has 2 N–H and O–H groups in total. The van der Waals surface area contributed by atoms with Crippen molar-refractivity contribution in [2.75, 3.05) is 26.2 Å². The molecule has 0 aliphatic carbocycles. The summed E-state index contributed by atoms with van der Waals surface area (Å²) in [6.07, 6.45) is 12.3. The standard InChI is InChI=1S/C15H34N2/c1-3-5-6-7-8-9-10-13-17-15-11-14-16-12-4-2/h16-17H,3-15H2,1-2H3. The van der Waals surface area contributed by atoms with Gasteiger partial charge in [0.05, 0.1) is 0 Å². The first-order valence-corrected chi connectivity index (χ1v) is 7.83. The molecule has 0 unspecified atom stereocenters. The minimum Gasteiger partial charge on any atom is -0.317 e. The third-order valence-electron chi connectivity index (χ3n) is 3.09. The molecule has 2 heteroatoms. The second-order valence-corrected chi connectivity index (χ2v) is 4.97. The molecule has 2 nitrogen and oxygen atoms in total. The van der Waals surface area contributed by atoms with E-state index in [0.717, 1.165) is 13.1 Å². The minimum atomic E-state index is 1.16. The van der Waals surface area contributed by atoms with Gasteiger partial charge in [0.1, 0.15) is 0 Å². The van der Waals surface area contributed by atoms with Crippen LogP contribution < -0.4 is 10.6 Å². The van der Waals surface area contributed by atoms with Crippen molar-refractivity contribution in [2.45, 2.75) is 71.6 Å². The Morgan fingerprint density at radius 2 is 1.00 bits per heavy atom. The van der Waals surface area contributed by atoms with Crippen LogP contribution in [0, 0.1) is 0 Å². The van der Waals surface area contributed by atoms with Gasteiger partial charge in [0.25, 0.3) is 0 Å². The quantitative estimate of drug-likeness (QED) is 0.454. The Morgan fingerprint density at radius 1 is 0.471 bits per heavy atom. The molecule has 0 saturated carbocycles. The van der Waals surface area contributed by atoms with Crippen LogP contribution in [0.5, 0.6) is 0 Å². The zero-order valence-corrected chi connectivity index (χ0v) is 12.2. The fourth-order valence-electron chi connectivity index (χ4n) is 1.97. The molecule has 0 aromatic rings. The summed E-state index contributed by atoms with van der Waals surface area (Å²) in [6, 6.07) is 0. The highest BCUT2D eigenvalue weighted by Crippen LogP contribution is 2.06. The third kappa shape index (κ3) is 15.9. The predicted molar refractivity (Wildman–Crippen MR) is 78.6 cm³/mol. The van der Waals surface area contributed by atoms with E-state index in [1.54, 1.807) is 0 Å². The van der Waals surface area contributed by atoms with Crippen LogP contribution in [0.3, 0.4) is 0 Å². The van der Waals surface area contributed by atoms with E-state index in [1.807, 2.05) is 0 Å². The summed E-state index contributed by atoms with van der Waals surface area (Å²) in [5.41, 5.74) is 0. The lowest BCUT2D eigenvalue weighted by Gasteiger charge is -2.05. The number of nitrogens with one attached hydrogen (secondary N) is 2. The lowest BCUT2D eigenvalue weighted by molar-refractivity contribution is 0.547. The SMILES string of the molecule is CCCCCCCCCNCCCNCCC. The third-order valence-corrected chi connectivity index (χ3v) is 3.09. The number of rotatable bonds is 14. The molecule has 0 amide bonds. The zero-order valence-electron chi connectivity index (χ0n) is 12.2. The van der Waals surface area contributed by atoms with Gasteiger partial charge in [-0.25, -0.2) is 0 Å². The Bertz CT molecular complexity index is 112. The van der Waals surface area contributed by atoms with E-state index >= 15 is 0 Å². The second-order valence-electron chi connectivity index (χ2n) is 4.97. The van der Waals surface area contributed by atoms with E-state index in [4.69, 9.17) is 0 Å². The summed E-state index contributed by atoms with van der Waals surface area (Å²) < 4.78 is 0. The molecule has 0 atom stereocenters. The number of hydrogen-bond acceptors (Lipinski definition) is 2. The Balaban J connectivity index is 2.85. The normalized spacial score (nSPS) is 10.9. The molecule has 0 aliphatic heterocycles. The minimum absolute atomic E-state index is 1.16. The Labute approximate surface area is 109 Å².